The molecule has 2 heterocycles. The number of amides is 3. The Balaban J connectivity index is 1.95. The van der Waals surface area contributed by atoms with Gasteiger partial charge in [0.05, 0.1) is 0 Å². The monoisotopic (exact) mass is 471 g/mol. The van der Waals surface area contributed by atoms with Crippen molar-refractivity contribution < 1.29 is 14.3 Å². The molecule has 1 aromatic heterocycles. The van der Waals surface area contributed by atoms with Crippen LogP contribution in [0.1, 0.15) is 24.5 Å². The zero-order valence-corrected chi connectivity index (χ0v) is 19.4. The lowest BCUT2D eigenvalue weighted by atomic mass is 9.83. The van der Waals surface area contributed by atoms with Crippen LogP contribution in [0.4, 0.5) is 10.5 Å². The third-order valence-corrected chi connectivity index (χ3v) is 6.76. The predicted octanol–water partition coefficient (Wildman–Crippen LogP) is 2.39. The summed E-state index contributed by atoms with van der Waals surface area (Å²) in [7, 11) is 0. The number of aromatic nitrogens is 1. The summed E-state index contributed by atoms with van der Waals surface area (Å²) >= 11 is 0. The summed E-state index contributed by atoms with van der Waals surface area (Å²) in [5.74, 6) is 1.85. The van der Waals surface area contributed by atoms with Crippen LogP contribution >= 0.6 is 0 Å². The molecule has 1 aliphatic heterocycles. The zero-order valence-electron chi connectivity index (χ0n) is 19.4. The quantitative estimate of drug-likeness (QED) is 0.424. The SMILES string of the molecule is C#Cc1ccc([N+]2(C(N)=O)C[C@H](OCC)C[C@]2(C(N)=O)c2ccc(-n3ccccc3=O)cc2)cc1. The lowest BCUT2D eigenvalue weighted by Gasteiger charge is -2.42. The molecule has 1 aliphatic rings. The van der Waals surface area contributed by atoms with E-state index in [2.05, 4.69) is 5.92 Å². The molecule has 3 amide bonds. The standard InChI is InChI=1S/C27H26N4O4/c1-3-19-8-14-22(15-9-19)31(26(29)34)18-23(35-4-2)17-27(31,25(28)33)20-10-12-21(13-11-20)30-16-6-5-7-24(30)32/h1,5-16,23H,4,17-18H2,2H3,(H3-,28,29,33,34)/p+1/t23-,27-,31?/m1/s1. The lowest BCUT2D eigenvalue weighted by molar-refractivity contribution is -0.127. The minimum atomic E-state index is -1.54. The normalized spacial score (nSPS) is 23.5. The number of primary amides is 2. The Hall–Kier alpha value is -4.19. The molecule has 8 heteroatoms. The molecule has 0 spiro atoms. The van der Waals surface area contributed by atoms with Crippen molar-refractivity contribution in [1.29, 1.82) is 0 Å². The molecule has 2 aromatic carbocycles. The van der Waals surface area contributed by atoms with Crippen LogP contribution < -0.4 is 21.5 Å². The highest BCUT2D eigenvalue weighted by Gasteiger charge is 2.68. The van der Waals surface area contributed by atoms with E-state index in [-0.39, 0.29) is 18.5 Å². The van der Waals surface area contributed by atoms with E-state index in [4.69, 9.17) is 22.6 Å². The van der Waals surface area contributed by atoms with E-state index in [9.17, 15) is 14.4 Å². The van der Waals surface area contributed by atoms with E-state index >= 15 is 0 Å². The van der Waals surface area contributed by atoms with Crippen LogP contribution in [0.15, 0.2) is 77.7 Å². The second-order valence-corrected chi connectivity index (χ2v) is 8.48. The molecule has 0 bridgehead atoms. The average molecular weight is 472 g/mol. The van der Waals surface area contributed by atoms with Gasteiger partial charge in [-0.05, 0) is 37.3 Å². The van der Waals surface area contributed by atoms with Gasteiger partial charge in [-0.15, -0.1) is 6.42 Å². The van der Waals surface area contributed by atoms with Gasteiger partial charge < -0.3 is 16.2 Å². The Morgan fingerprint density at radius 1 is 1.11 bits per heavy atom. The van der Waals surface area contributed by atoms with Gasteiger partial charge in [0.2, 0.25) is 5.54 Å². The number of urea groups is 1. The number of nitrogens with two attached hydrogens (primary N) is 2. The first-order valence-corrected chi connectivity index (χ1v) is 11.3. The van der Waals surface area contributed by atoms with Crippen LogP contribution in [0.2, 0.25) is 0 Å². The smallest absolute Gasteiger partial charge is 0.372 e. The van der Waals surface area contributed by atoms with Crippen LogP contribution in [0.25, 0.3) is 5.69 Å². The maximum Gasteiger partial charge on any atom is 0.420 e. The molecular weight excluding hydrogens is 444 g/mol. The molecule has 1 unspecified atom stereocenters. The van der Waals surface area contributed by atoms with Crippen molar-refractivity contribution in [1.82, 2.24) is 9.05 Å². The van der Waals surface area contributed by atoms with Gasteiger partial charge in [-0.2, -0.15) is 4.48 Å². The van der Waals surface area contributed by atoms with Gasteiger partial charge in [0.25, 0.3) is 11.5 Å². The van der Waals surface area contributed by atoms with E-state index in [1.165, 1.54) is 10.6 Å². The van der Waals surface area contributed by atoms with Crippen molar-refractivity contribution in [2.24, 2.45) is 11.5 Å². The van der Waals surface area contributed by atoms with Crippen molar-refractivity contribution in [3.05, 3.63) is 94.4 Å². The minimum absolute atomic E-state index is 0.126. The molecule has 0 radical (unpaired) electrons. The lowest BCUT2D eigenvalue weighted by Crippen LogP contribution is -2.70. The van der Waals surface area contributed by atoms with Crippen LogP contribution in [0.5, 0.6) is 0 Å². The number of terminal acetylenes is 1. The van der Waals surface area contributed by atoms with Crippen LogP contribution in [0.3, 0.4) is 0 Å². The Morgan fingerprint density at radius 3 is 2.34 bits per heavy atom. The fourth-order valence-corrected chi connectivity index (χ4v) is 5.21. The first kappa shape index (κ1) is 24.0. The number of likely N-dealkylation sites (tertiary alicyclic amines) is 1. The number of ether oxygens (including phenoxy) is 1. The number of hydrogen-bond acceptors (Lipinski definition) is 4. The fraction of sp³-hybridized carbons (Fsp3) is 0.222. The van der Waals surface area contributed by atoms with Crippen LogP contribution in [-0.4, -0.2) is 35.8 Å². The third kappa shape index (κ3) is 3.71. The first-order chi connectivity index (χ1) is 16.8. The number of nitrogens with zero attached hydrogens (tertiary/aromatic N) is 2. The molecule has 3 aromatic rings. The van der Waals surface area contributed by atoms with E-state index in [0.717, 1.165) is 0 Å². The van der Waals surface area contributed by atoms with Crippen molar-refractivity contribution in [3.8, 4) is 18.0 Å². The number of rotatable bonds is 6. The van der Waals surface area contributed by atoms with Gasteiger partial charge in [0.15, 0.2) is 0 Å². The maximum absolute atomic E-state index is 13.4. The van der Waals surface area contributed by atoms with E-state index in [1.807, 2.05) is 6.92 Å². The highest BCUT2D eigenvalue weighted by Crippen LogP contribution is 2.49. The molecule has 0 saturated carbocycles. The zero-order chi connectivity index (χ0) is 25.2. The summed E-state index contributed by atoms with van der Waals surface area (Å²) in [6, 6.07) is 17.8. The highest BCUT2D eigenvalue weighted by molar-refractivity contribution is 5.99. The molecule has 3 atom stereocenters. The summed E-state index contributed by atoms with van der Waals surface area (Å²) in [6.07, 6.45) is 6.86. The summed E-state index contributed by atoms with van der Waals surface area (Å²) in [5, 5.41) is 0. The Morgan fingerprint density at radius 2 is 1.80 bits per heavy atom. The summed E-state index contributed by atoms with van der Waals surface area (Å²) in [6.45, 7) is 2.36. The molecule has 1 saturated heterocycles. The number of hydrogen-bond donors (Lipinski definition) is 2. The number of pyridine rings is 1. The maximum atomic E-state index is 13.4. The van der Waals surface area contributed by atoms with Crippen molar-refractivity contribution in [3.63, 3.8) is 0 Å². The van der Waals surface area contributed by atoms with Crippen molar-refractivity contribution in [2.45, 2.75) is 25.0 Å². The molecule has 35 heavy (non-hydrogen) atoms. The Bertz CT molecular complexity index is 1360. The fourth-order valence-electron chi connectivity index (χ4n) is 5.21. The van der Waals surface area contributed by atoms with Gasteiger partial charge in [0, 0.05) is 54.2 Å². The number of quaternary nitrogens is 1. The number of benzene rings is 2. The van der Waals surface area contributed by atoms with Gasteiger partial charge in [-0.1, -0.05) is 24.1 Å². The summed E-state index contributed by atoms with van der Waals surface area (Å²) in [4.78, 5) is 38.9. The molecule has 1 fully saturated rings. The molecule has 0 aliphatic carbocycles. The predicted molar refractivity (Wildman–Crippen MR) is 134 cm³/mol. The Kier molecular flexibility index (Phi) is 6.31. The summed E-state index contributed by atoms with van der Waals surface area (Å²) < 4.78 is 6.84. The molecule has 178 valence electrons. The molecule has 4 rings (SSSR count). The van der Waals surface area contributed by atoms with Gasteiger partial charge in [-0.3, -0.25) is 14.2 Å². The van der Waals surface area contributed by atoms with Crippen LogP contribution in [-0.2, 0) is 15.1 Å². The summed E-state index contributed by atoms with van der Waals surface area (Å²) in [5.41, 5.74) is 12.6. The van der Waals surface area contributed by atoms with E-state index in [0.29, 0.717) is 29.1 Å². The van der Waals surface area contributed by atoms with Crippen LogP contribution in [0, 0.1) is 12.3 Å². The highest BCUT2D eigenvalue weighted by atomic mass is 16.5. The van der Waals surface area contributed by atoms with E-state index < -0.39 is 28.1 Å². The van der Waals surface area contributed by atoms with Crippen molar-refractivity contribution in [2.75, 3.05) is 13.2 Å². The topological polar surface area (TPSA) is 117 Å². The second kappa shape index (κ2) is 9.22. The third-order valence-electron chi connectivity index (χ3n) is 6.76. The number of carbonyl (C=O) groups is 2. The van der Waals surface area contributed by atoms with E-state index in [1.54, 1.807) is 66.9 Å². The van der Waals surface area contributed by atoms with Gasteiger partial charge >= 0.3 is 6.03 Å². The Labute approximate surface area is 203 Å². The molecule has 8 nitrogen and oxygen atoms in total. The van der Waals surface area contributed by atoms with Gasteiger partial charge in [0.1, 0.15) is 18.3 Å². The number of carbonyl (C=O) groups excluding carboxylic acids is 2. The second-order valence-electron chi connectivity index (χ2n) is 8.48. The largest absolute Gasteiger partial charge is 0.420 e. The minimum Gasteiger partial charge on any atom is -0.372 e. The molecule has 4 N–H and O–H groups in total. The first-order valence-electron chi connectivity index (χ1n) is 11.3. The molecular formula is C27H27N4O4+. The van der Waals surface area contributed by atoms with Gasteiger partial charge in [-0.25, -0.2) is 4.79 Å². The van der Waals surface area contributed by atoms with Crippen molar-refractivity contribution >= 4 is 17.6 Å². The average Bonchev–Trinajstić information content (AvgIpc) is 3.22.